The van der Waals surface area contributed by atoms with Crippen LogP contribution in [0.3, 0.4) is 0 Å². The van der Waals surface area contributed by atoms with Crippen LogP contribution in [0, 0.1) is 11.8 Å². The highest BCUT2D eigenvalue weighted by molar-refractivity contribution is 6.09. The highest BCUT2D eigenvalue weighted by Gasteiger charge is 2.67. The average molecular weight is 359 g/mol. The molecule has 0 radical (unpaired) electrons. The lowest BCUT2D eigenvalue weighted by molar-refractivity contribution is -0.154. The summed E-state index contributed by atoms with van der Waals surface area (Å²) >= 11 is 0. The number of likely N-dealkylation sites (tertiary alicyclic amines) is 1. The minimum Gasteiger partial charge on any atom is -0.468 e. The van der Waals surface area contributed by atoms with Crippen molar-refractivity contribution in [3.05, 3.63) is 29.8 Å². The standard InChI is InChI=1S/C19H25N3O4/c1-6-19(18(25)26-5)14-13(16(23)22(4)17(14)24)15(20-19)11-7-9-12(10-8-11)21(2)3/h7-10,13-15,20H,6H2,1-5H3/t13-,14-,15-,19+/m0/s1. The van der Waals surface area contributed by atoms with Gasteiger partial charge in [0.15, 0.2) is 0 Å². The highest BCUT2D eigenvalue weighted by Crippen LogP contribution is 2.50. The first-order valence-electron chi connectivity index (χ1n) is 8.73. The summed E-state index contributed by atoms with van der Waals surface area (Å²) in [7, 11) is 6.69. The number of esters is 1. The van der Waals surface area contributed by atoms with Gasteiger partial charge >= 0.3 is 5.97 Å². The number of benzene rings is 1. The van der Waals surface area contributed by atoms with Gasteiger partial charge in [-0.2, -0.15) is 0 Å². The van der Waals surface area contributed by atoms with Crippen LogP contribution in [0.5, 0.6) is 0 Å². The molecule has 26 heavy (non-hydrogen) atoms. The normalized spacial score (nSPS) is 30.5. The number of hydrogen-bond donors (Lipinski definition) is 1. The largest absolute Gasteiger partial charge is 0.468 e. The first-order chi connectivity index (χ1) is 12.3. The van der Waals surface area contributed by atoms with Gasteiger partial charge < -0.3 is 9.64 Å². The lowest BCUT2D eigenvalue weighted by Gasteiger charge is -2.30. The number of nitrogens with one attached hydrogen (secondary N) is 1. The monoisotopic (exact) mass is 359 g/mol. The lowest BCUT2D eigenvalue weighted by atomic mass is 9.78. The predicted molar refractivity (Wildman–Crippen MR) is 96.4 cm³/mol. The summed E-state index contributed by atoms with van der Waals surface area (Å²) in [5, 5.41) is 3.30. The fraction of sp³-hybridized carbons (Fsp3) is 0.526. The molecule has 0 saturated carbocycles. The SMILES string of the molecule is CC[C@@]1(C(=O)OC)N[C@@H](c2ccc(N(C)C)cc2)[C@H]2C(=O)N(C)C(=O)[C@H]21. The van der Waals surface area contributed by atoms with Crippen LogP contribution < -0.4 is 10.2 Å². The van der Waals surface area contributed by atoms with E-state index in [1.807, 2.05) is 50.2 Å². The molecule has 0 unspecified atom stereocenters. The third-order valence-electron chi connectivity index (χ3n) is 5.75. The molecule has 0 spiro atoms. The second kappa shape index (κ2) is 6.39. The number of carbonyl (C=O) groups excluding carboxylic acids is 3. The van der Waals surface area contributed by atoms with E-state index in [2.05, 4.69) is 5.32 Å². The summed E-state index contributed by atoms with van der Waals surface area (Å²) in [5.41, 5.74) is 0.715. The maximum atomic E-state index is 12.8. The minimum atomic E-state index is -1.19. The molecule has 7 heteroatoms. The summed E-state index contributed by atoms with van der Waals surface area (Å²) in [6.07, 6.45) is 0.361. The molecule has 3 rings (SSSR count). The topological polar surface area (TPSA) is 79.0 Å². The van der Waals surface area contributed by atoms with Gasteiger partial charge in [-0.3, -0.25) is 24.6 Å². The number of methoxy groups -OCH3 is 1. The van der Waals surface area contributed by atoms with Crippen molar-refractivity contribution in [3.8, 4) is 0 Å². The molecule has 1 aromatic rings. The molecule has 1 N–H and O–H groups in total. The molecule has 0 aromatic heterocycles. The van der Waals surface area contributed by atoms with Crippen molar-refractivity contribution in [1.29, 1.82) is 0 Å². The Morgan fingerprint density at radius 2 is 1.85 bits per heavy atom. The number of nitrogens with zero attached hydrogens (tertiary/aromatic N) is 2. The van der Waals surface area contributed by atoms with Gasteiger partial charge in [0.2, 0.25) is 11.8 Å². The van der Waals surface area contributed by atoms with Crippen LogP contribution >= 0.6 is 0 Å². The van der Waals surface area contributed by atoms with Gasteiger partial charge in [0.1, 0.15) is 5.54 Å². The number of carbonyl (C=O) groups is 3. The molecule has 2 amide bonds. The van der Waals surface area contributed by atoms with E-state index in [4.69, 9.17) is 4.74 Å². The first-order valence-corrected chi connectivity index (χ1v) is 8.73. The molecule has 2 saturated heterocycles. The fourth-order valence-corrected chi connectivity index (χ4v) is 4.25. The first kappa shape index (κ1) is 18.4. The number of rotatable bonds is 4. The predicted octanol–water partition coefficient (Wildman–Crippen LogP) is 0.950. The third-order valence-corrected chi connectivity index (χ3v) is 5.75. The molecule has 1 aromatic carbocycles. The number of imide groups is 1. The fourth-order valence-electron chi connectivity index (χ4n) is 4.25. The molecule has 2 aliphatic rings. The highest BCUT2D eigenvalue weighted by atomic mass is 16.5. The second-order valence-electron chi connectivity index (χ2n) is 7.16. The molecule has 0 aliphatic carbocycles. The van der Waals surface area contributed by atoms with Crippen LogP contribution in [-0.2, 0) is 19.1 Å². The quantitative estimate of drug-likeness (QED) is 0.637. The van der Waals surface area contributed by atoms with E-state index < -0.39 is 29.4 Å². The number of anilines is 1. The summed E-state index contributed by atoms with van der Waals surface area (Å²) in [6, 6.07) is 7.37. The van der Waals surface area contributed by atoms with E-state index >= 15 is 0 Å². The molecular weight excluding hydrogens is 334 g/mol. The van der Waals surface area contributed by atoms with Crippen molar-refractivity contribution in [2.45, 2.75) is 24.9 Å². The molecule has 140 valence electrons. The summed E-state index contributed by atoms with van der Waals surface area (Å²) in [5.74, 6) is -2.45. The number of ether oxygens (including phenoxy) is 1. The average Bonchev–Trinajstić information content (AvgIpc) is 3.11. The second-order valence-corrected chi connectivity index (χ2v) is 7.16. The zero-order chi connectivity index (χ0) is 19.2. The Hall–Kier alpha value is -2.41. The van der Waals surface area contributed by atoms with Gasteiger partial charge in [-0.15, -0.1) is 0 Å². The van der Waals surface area contributed by atoms with E-state index in [0.29, 0.717) is 6.42 Å². The number of fused-ring (bicyclic) bond motifs is 1. The van der Waals surface area contributed by atoms with Gasteiger partial charge in [-0.05, 0) is 24.1 Å². The van der Waals surface area contributed by atoms with E-state index in [-0.39, 0.29) is 11.8 Å². The van der Waals surface area contributed by atoms with E-state index in [1.54, 1.807) is 0 Å². The Morgan fingerprint density at radius 1 is 1.23 bits per heavy atom. The van der Waals surface area contributed by atoms with Gasteiger partial charge in [0.05, 0.1) is 18.9 Å². The van der Waals surface area contributed by atoms with Crippen LogP contribution in [0.2, 0.25) is 0 Å². The van der Waals surface area contributed by atoms with E-state index in [9.17, 15) is 14.4 Å². The molecule has 2 heterocycles. The minimum absolute atomic E-state index is 0.256. The lowest BCUT2D eigenvalue weighted by Crippen LogP contribution is -2.55. The molecule has 4 atom stereocenters. The van der Waals surface area contributed by atoms with Gasteiger partial charge in [-0.25, -0.2) is 0 Å². The van der Waals surface area contributed by atoms with Gasteiger partial charge in [0, 0.05) is 32.9 Å². The van der Waals surface area contributed by atoms with Gasteiger partial charge in [0.25, 0.3) is 0 Å². The number of hydrogen-bond acceptors (Lipinski definition) is 6. The van der Waals surface area contributed by atoms with Crippen LogP contribution in [0.1, 0.15) is 24.9 Å². The third kappa shape index (κ3) is 2.41. The molecule has 7 nitrogen and oxygen atoms in total. The Bertz CT molecular complexity index is 746. The van der Waals surface area contributed by atoms with Crippen molar-refractivity contribution in [1.82, 2.24) is 10.2 Å². The Kier molecular flexibility index (Phi) is 4.52. The molecule has 2 fully saturated rings. The molecule has 2 aliphatic heterocycles. The zero-order valence-corrected chi connectivity index (χ0v) is 15.8. The van der Waals surface area contributed by atoms with Crippen molar-refractivity contribution < 1.29 is 19.1 Å². The van der Waals surface area contributed by atoms with Gasteiger partial charge in [-0.1, -0.05) is 19.1 Å². The summed E-state index contributed by atoms with van der Waals surface area (Å²) < 4.78 is 5.00. The maximum Gasteiger partial charge on any atom is 0.326 e. The summed E-state index contributed by atoms with van der Waals surface area (Å²) in [6.45, 7) is 1.83. The Morgan fingerprint density at radius 3 is 2.35 bits per heavy atom. The molecular formula is C19H25N3O4. The smallest absolute Gasteiger partial charge is 0.326 e. The van der Waals surface area contributed by atoms with Crippen LogP contribution in [0.15, 0.2) is 24.3 Å². The molecule has 0 bridgehead atoms. The Balaban J connectivity index is 2.08. The van der Waals surface area contributed by atoms with Crippen LogP contribution in [-0.4, -0.2) is 56.5 Å². The maximum absolute atomic E-state index is 12.8. The Labute approximate surface area is 153 Å². The van der Waals surface area contributed by atoms with Crippen molar-refractivity contribution >= 4 is 23.5 Å². The van der Waals surface area contributed by atoms with Crippen molar-refractivity contribution in [3.63, 3.8) is 0 Å². The number of amides is 2. The van der Waals surface area contributed by atoms with Crippen LogP contribution in [0.4, 0.5) is 5.69 Å². The summed E-state index contributed by atoms with van der Waals surface area (Å²) in [4.78, 5) is 41.3. The zero-order valence-electron chi connectivity index (χ0n) is 15.8. The van der Waals surface area contributed by atoms with Crippen LogP contribution in [0.25, 0.3) is 0 Å². The van der Waals surface area contributed by atoms with Crippen molar-refractivity contribution in [2.75, 3.05) is 33.2 Å². The van der Waals surface area contributed by atoms with Crippen molar-refractivity contribution in [2.24, 2.45) is 11.8 Å². The van der Waals surface area contributed by atoms with E-state index in [1.165, 1.54) is 14.2 Å². The van der Waals surface area contributed by atoms with E-state index in [0.717, 1.165) is 16.2 Å².